The molecule has 3 heteroatoms. The molecule has 0 saturated carbocycles. The second-order valence-corrected chi connectivity index (χ2v) is 4.60. The van der Waals surface area contributed by atoms with Gasteiger partial charge in [0.2, 0.25) is 0 Å². The highest BCUT2D eigenvalue weighted by molar-refractivity contribution is 5.21. The Morgan fingerprint density at radius 2 is 2.12 bits per heavy atom. The fraction of sp³-hybridized carbons (Fsp3) is 0.357. The van der Waals surface area contributed by atoms with Crippen molar-refractivity contribution in [3.8, 4) is 0 Å². The zero-order valence-electron chi connectivity index (χ0n) is 9.69. The number of hydrogen-bond donors (Lipinski definition) is 0. The number of halogens is 1. The van der Waals surface area contributed by atoms with E-state index in [1.54, 1.807) is 12.1 Å². The summed E-state index contributed by atoms with van der Waals surface area (Å²) in [5.41, 5.74) is 3.56. The molecule has 1 aromatic carbocycles. The molecule has 0 aliphatic heterocycles. The topological polar surface area (TPSA) is 17.8 Å². The first-order valence-corrected chi connectivity index (χ1v) is 6.10. The number of aromatic nitrogens is 2. The number of nitrogens with zero attached hydrogens (tertiary/aromatic N) is 2. The second kappa shape index (κ2) is 4.32. The van der Waals surface area contributed by atoms with Crippen LogP contribution >= 0.6 is 0 Å². The normalized spacial score (nSPS) is 14.6. The van der Waals surface area contributed by atoms with Crippen LogP contribution in [-0.4, -0.2) is 9.55 Å². The maximum atomic E-state index is 13.1. The van der Waals surface area contributed by atoms with Gasteiger partial charge in [-0.3, -0.25) is 0 Å². The lowest BCUT2D eigenvalue weighted by atomic mass is 10.0. The first kappa shape index (κ1) is 10.5. The minimum Gasteiger partial charge on any atom is -0.330 e. The van der Waals surface area contributed by atoms with E-state index in [9.17, 15) is 4.39 Å². The summed E-state index contributed by atoms with van der Waals surface area (Å²) >= 11 is 0. The van der Waals surface area contributed by atoms with Crippen molar-refractivity contribution in [2.75, 3.05) is 0 Å². The molecule has 1 aliphatic rings. The van der Waals surface area contributed by atoms with Crippen LogP contribution in [0.3, 0.4) is 0 Å². The van der Waals surface area contributed by atoms with E-state index < -0.39 is 0 Å². The third-order valence-corrected chi connectivity index (χ3v) is 3.35. The minimum absolute atomic E-state index is 0.170. The monoisotopic (exact) mass is 230 g/mol. The zero-order chi connectivity index (χ0) is 11.7. The molecule has 3 rings (SSSR count). The fourth-order valence-corrected chi connectivity index (χ4v) is 2.50. The number of imidazole rings is 1. The van der Waals surface area contributed by atoms with Gasteiger partial charge in [-0.1, -0.05) is 12.1 Å². The van der Waals surface area contributed by atoms with E-state index in [0.717, 1.165) is 24.9 Å². The van der Waals surface area contributed by atoms with Crippen molar-refractivity contribution in [3.63, 3.8) is 0 Å². The molecule has 0 unspecified atom stereocenters. The Balaban J connectivity index is 1.88. The van der Waals surface area contributed by atoms with E-state index in [-0.39, 0.29) is 5.82 Å². The van der Waals surface area contributed by atoms with Crippen LogP contribution in [0.15, 0.2) is 30.6 Å². The Morgan fingerprint density at radius 3 is 3.00 bits per heavy atom. The van der Waals surface area contributed by atoms with E-state index in [2.05, 4.69) is 9.55 Å². The molecule has 0 saturated heterocycles. The van der Waals surface area contributed by atoms with Crippen LogP contribution in [-0.2, 0) is 19.4 Å². The summed E-state index contributed by atoms with van der Waals surface area (Å²) in [4.78, 5) is 4.44. The molecule has 0 radical (unpaired) electrons. The lowest BCUT2D eigenvalue weighted by Crippen LogP contribution is -2.09. The molecule has 2 aromatic rings. The maximum absolute atomic E-state index is 13.1. The average molecular weight is 230 g/mol. The van der Waals surface area contributed by atoms with Crippen molar-refractivity contribution in [1.82, 2.24) is 9.55 Å². The van der Waals surface area contributed by atoms with Crippen LogP contribution in [0.4, 0.5) is 4.39 Å². The third-order valence-electron chi connectivity index (χ3n) is 3.35. The fourth-order valence-electron chi connectivity index (χ4n) is 2.50. The number of aryl methyl sites for hydroxylation is 1. The molecule has 2 nitrogen and oxygen atoms in total. The summed E-state index contributed by atoms with van der Waals surface area (Å²) in [5.74, 6) is -0.170. The Kier molecular flexibility index (Phi) is 2.67. The molecule has 0 bridgehead atoms. The number of benzene rings is 1. The van der Waals surface area contributed by atoms with Gasteiger partial charge in [0.15, 0.2) is 0 Å². The predicted octanol–water partition coefficient (Wildman–Crippen LogP) is 2.95. The average Bonchev–Trinajstić information content (AvgIpc) is 2.73. The second-order valence-electron chi connectivity index (χ2n) is 4.60. The Hall–Kier alpha value is -1.64. The quantitative estimate of drug-likeness (QED) is 0.775. The summed E-state index contributed by atoms with van der Waals surface area (Å²) in [5, 5.41) is 0. The predicted molar refractivity (Wildman–Crippen MR) is 64.4 cm³/mol. The molecule has 1 aliphatic carbocycles. The van der Waals surface area contributed by atoms with Gasteiger partial charge in [0.05, 0.1) is 12.0 Å². The van der Waals surface area contributed by atoms with Gasteiger partial charge < -0.3 is 4.57 Å². The van der Waals surface area contributed by atoms with Gasteiger partial charge in [-0.05, 0) is 43.4 Å². The molecule has 1 aromatic heterocycles. The largest absolute Gasteiger partial charge is 0.330 e. The van der Waals surface area contributed by atoms with Crippen LogP contribution in [0.25, 0.3) is 0 Å². The number of hydrogen-bond acceptors (Lipinski definition) is 1. The van der Waals surface area contributed by atoms with E-state index in [1.807, 2.05) is 12.4 Å². The molecule has 0 spiro atoms. The lowest BCUT2D eigenvalue weighted by Gasteiger charge is -2.14. The molecule has 0 amide bonds. The van der Waals surface area contributed by atoms with E-state index in [0.29, 0.717) is 0 Å². The van der Waals surface area contributed by atoms with Crippen LogP contribution in [0.5, 0.6) is 0 Å². The van der Waals surface area contributed by atoms with Gasteiger partial charge in [-0.15, -0.1) is 0 Å². The summed E-state index contributed by atoms with van der Waals surface area (Å²) < 4.78 is 15.3. The molecule has 1 heterocycles. The van der Waals surface area contributed by atoms with Gasteiger partial charge in [0.1, 0.15) is 5.82 Å². The van der Waals surface area contributed by atoms with Crippen molar-refractivity contribution in [3.05, 3.63) is 53.4 Å². The highest BCUT2D eigenvalue weighted by atomic mass is 19.1. The molecule has 88 valence electrons. The Morgan fingerprint density at radius 1 is 1.24 bits per heavy atom. The highest BCUT2D eigenvalue weighted by Gasteiger charge is 2.14. The van der Waals surface area contributed by atoms with Crippen molar-refractivity contribution in [2.45, 2.75) is 32.2 Å². The van der Waals surface area contributed by atoms with Crippen molar-refractivity contribution >= 4 is 0 Å². The maximum Gasteiger partial charge on any atom is 0.123 e. The molecular weight excluding hydrogens is 215 g/mol. The van der Waals surface area contributed by atoms with Crippen LogP contribution < -0.4 is 0 Å². The van der Waals surface area contributed by atoms with Gasteiger partial charge in [0, 0.05) is 12.2 Å². The molecular formula is C14H15FN2. The lowest BCUT2D eigenvalue weighted by molar-refractivity contribution is 0.614. The Labute approximate surface area is 100 Å². The van der Waals surface area contributed by atoms with Crippen molar-refractivity contribution < 1.29 is 4.39 Å². The van der Waals surface area contributed by atoms with E-state index in [1.165, 1.54) is 30.3 Å². The minimum atomic E-state index is -0.170. The van der Waals surface area contributed by atoms with Gasteiger partial charge >= 0.3 is 0 Å². The summed E-state index contributed by atoms with van der Waals surface area (Å²) in [6.07, 6.45) is 6.56. The highest BCUT2D eigenvalue weighted by Crippen LogP contribution is 2.20. The van der Waals surface area contributed by atoms with Crippen molar-refractivity contribution in [1.29, 1.82) is 0 Å². The SMILES string of the molecule is Fc1cccc(Cn2cnc3c2CCCC3)c1. The van der Waals surface area contributed by atoms with Crippen molar-refractivity contribution in [2.24, 2.45) is 0 Å². The molecule has 0 atom stereocenters. The standard InChI is InChI=1S/C14H15FN2/c15-12-5-3-4-11(8-12)9-17-10-16-13-6-1-2-7-14(13)17/h3-5,8,10H,1-2,6-7,9H2. The summed E-state index contributed by atoms with van der Waals surface area (Å²) in [6, 6.07) is 6.79. The molecule has 0 N–H and O–H groups in total. The van der Waals surface area contributed by atoms with E-state index >= 15 is 0 Å². The van der Waals surface area contributed by atoms with Gasteiger partial charge in [-0.2, -0.15) is 0 Å². The first-order chi connectivity index (χ1) is 8.33. The third kappa shape index (κ3) is 2.09. The molecule has 17 heavy (non-hydrogen) atoms. The van der Waals surface area contributed by atoms with Gasteiger partial charge in [0.25, 0.3) is 0 Å². The van der Waals surface area contributed by atoms with Crippen LogP contribution in [0.1, 0.15) is 29.8 Å². The first-order valence-electron chi connectivity index (χ1n) is 6.10. The van der Waals surface area contributed by atoms with E-state index in [4.69, 9.17) is 0 Å². The zero-order valence-corrected chi connectivity index (χ0v) is 9.69. The van der Waals surface area contributed by atoms with Gasteiger partial charge in [-0.25, -0.2) is 9.37 Å². The van der Waals surface area contributed by atoms with Crippen LogP contribution in [0, 0.1) is 5.82 Å². The molecule has 0 fully saturated rings. The number of fused-ring (bicyclic) bond motifs is 1. The number of rotatable bonds is 2. The van der Waals surface area contributed by atoms with Crippen LogP contribution in [0.2, 0.25) is 0 Å². The summed E-state index contributed by atoms with van der Waals surface area (Å²) in [6.45, 7) is 0.722. The smallest absolute Gasteiger partial charge is 0.123 e. The summed E-state index contributed by atoms with van der Waals surface area (Å²) in [7, 11) is 0. The Bertz CT molecular complexity index is 531.